The minimum Gasteiger partial charge on any atom is -0.432 e. The molecule has 2 aromatic rings. The summed E-state index contributed by atoms with van der Waals surface area (Å²) < 4.78 is 40.9. The standard InChI is InChI=1S/C18H30N5O7PS/c1-5-32-7-6-28-31(25,29-11-26-18(24)30-13(2)3)12-27-14(4)8-23-10-22-15-16(19)20-9-21-17(15)23/h9-10,13-14H,5-8,11-12H2,1-4H3,(H2,19,20,21)/t14-,31?/m1/s1. The van der Waals surface area contributed by atoms with E-state index in [1.54, 1.807) is 43.4 Å². The lowest BCUT2D eigenvalue weighted by molar-refractivity contribution is -0.0177. The molecule has 2 aromatic heterocycles. The van der Waals surface area contributed by atoms with Crippen LogP contribution < -0.4 is 5.73 Å². The van der Waals surface area contributed by atoms with Gasteiger partial charge in [0.15, 0.2) is 11.5 Å². The molecule has 2 atom stereocenters. The van der Waals surface area contributed by atoms with Gasteiger partial charge in [-0.05, 0) is 26.5 Å². The average molecular weight is 492 g/mol. The van der Waals surface area contributed by atoms with Crippen molar-refractivity contribution in [3.8, 4) is 0 Å². The molecule has 0 aliphatic heterocycles. The average Bonchev–Trinajstić information content (AvgIpc) is 3.13. The summed E-state index contributed by atoms with van der Waals surface area (Å²) in [5.41, 5.74) is 6.87. The smallest absolute Gasteiger partial charge is 0.432 e. The first-order valence-corrected chi connectivity index (χ1v) is 12.9. The van der Waals surface area contributed by atoms with E-state index in [2.05, 4.69) is 15.0 Å². The Morgan fingerprint density at radius 1 is 1.25 bits per heavy atom. The number of hydrogen-bond acceptors (Lipinski definition) is 12. The molecule has 2 heterocycles. The van der Waals surface area contributed by atoms with E-state index in [0.29, 0.717) is 23.5 Å². The summed E-state index contributed by atoms with van der Waals surface area (Å²) in [6, 6.07) is 0. The summed E-state index contributed by atoms with van der Waals surface area (Å²) in [6.07, 6.45) is 0.961. The number of fused-ring (bicyclic) bond motifs is 1. The van der Waals surface area contributed by atoms with Gasteiger partial charge < -0.3 is 29.0 Å². The van der Waals surface area contributed by atoms with Crippen molar-refractivity contribution in [1.29, 1.82) is 0 Å². The Morgan fingerprint density at radius 2 is 2.03 bits per heavy atom. The van der Waals surface area contributed by atoms with Gasteiger partial charge in [0.2, 0.25) is 6.79 Å². The zero-order valence-electron chi connectivity index (χ0n) is 18.6. The zero-order chi connectivity index (χ0) is 23.6. The van der Waals surface area contributed by atoms with Crippen LogP contribution in [0, 0.1) is 0 Å². The number of carbonyl (C=O) groups excluding carboxylic acids is 1. The molecular formula is C18H30N5O7PS. The van der Waals surface area contributed by atoms with Crippen LogP contribution in [-0.2, 0) is 34.4 Å². The SMILES string of the molecule is CCSCCOP(=O)(CO[C@H](C)Cn1cnc2c(N)ncnc21)OCOC(=O)OC(C)C. The number of carbonyl (C=O) groups is 1. The second-order valence-electron chi connectivity index (χ2n) is 6.88. The quantitative estimate of drug-likeness (QED) is 0.179. The predicted octanol–water partition coefficient (Wildman–Crippen LogP) is 3.27. The van der Waals surface area contributed by atoms with E-state index in [1.807, 2.05) is 6.92 Å². The number of ether oxygens (including phenoxy) is 3. The molecule has 0 aromatic carbocycles. The highest BCUT2D eigenvalue weighted by molar-refractivity contribution is 7.99. The molecular weight excluding hydrogens is 461 g/mol. The molecule has 0 aliphatic carbocycles. The normalized spacial score (nSPS) is 14.4. The lowest BCUT2D eigenvalue weighted by atomic mass is 10.4. The predicted molar refractivity (Wildman–Crippen MR) is 120 cm³/mol. The third-order valence-corrected chi connectivity index (χ3v) is 6.28. The molecule has 12 nitrogen and oxygen atoms in total. The van der Waals surface area contributed by atoms with Crippen molar-refractivity contribution in [1.82, 2.24) is 19.5 Å². The maximum atomic E-state index is 13.1. The summed E-state index contributed by atoms with van der Waals surface area (Å²) >= 11 is 1.63. The molecule has 0 fully saturated rings. The molecule has 0 bridgehead atoms. The number of nitrogens with two attached hydrogens (primary N) is 1. The fourth-order valence-electron chi connectivity index (χ4n) is 2.45. The molecule has 2 N–H and O–H groups in total. The summed E-state index contributed by atoms with van der Waals surface area (Å²) in [5, 5.41) is 0. The van der Waals surface area contributed by atoms with Crippen molar-refractivity contribution in [3.05, 3.63) is 12.7 Å². The van der Waals surface area contributed by atoms with Gasteiger partial charge in [-0.2, -0.15) is 11.8 Å². The van der Waals surface area contributed by atoms with Crippen LogP contribution in [0.3, 0.4) is 0 Å². The van der Waals surface area contributed by atoms with Crippen LogP contribution in [0.25, 0.3) is 11.2 Å². The van der Waals surface area contributed by atoms with Gasteiger partial charge in [-0.3, -0.25) is 9.09 Å². The maximum Gasteiger partial charge on any atom is 0.510 e. The molecule has 180 valence electrons. The largest absolute Gasteiger partial charge is 0.510 e. The summed E-state index contributed by atoms with van der Waals surface area (Å²) in [4.78, 5) is 23.8. The number of thioether (sulfide) groups is 1. The first-order valence-electron chi connectivity index (χ1n) is 10.1. The summed E-state index contributed by atoms with van der Waals surface area (Å²) in [7, 11) is -3.69. The van der Waals surface area contributed by atoms with Gasteiger partial charge in [0.25, 0.3) is 0 Å². The highest BCUT2D eigenvalue weighted by atomic mass is 32.2. The molecule has 0 saturated carbocycles. The van der Waals surface area contributed by atoms with Crippen molar-refractivity contribution in [2.45, 2.75) is 46.4 Å². The summed E-state index contributed by atoms with van der Waals surface area (Å²) in [5.74, 6) is 1.83. The van der Waals surface area contributed by atoms with Gasteiger partial charge >= 0.3 is 13.8 Å². The van der Waals surface area contributed by atoms with E-state index >= 15 is 0 Å². The molecule has 0 amide bonds. The van der Waals surface area contributed by atoms with Gasteiger partial charge in [-0.25, -0.2) is 19.7 Å². The summed E-state index contributed by atoms with van der Waals surface area (Å²) in [6.45, 7) is 7.16. The van der Waals surface area contributed by atoms with Gasteiger partial charge in [0.05, 0.1) is 31.7 Å². The Hall–Kier alpha value is -1.92. The van der Waals surface area contributed by atoms with Gasteiger partial charge in [-0.15, -0.1) is 0 Å². The van der Waals surface area contributed by atoms with Gasteiger partial charge in [0.1, 0.15) is 18.2 Å². The van der Waals surface area contributed by atoms with Crippen molar-refractivity contribution < 1.29 is 32.6 Å². The number of anilines is 1. The van der Waals surface area contributed by atoms with Crippen molar-refractivity contribution in [3.63, 3.8) is 0 Å². The van der Waals surface area contributed by atoms with Gasteiger partial charge in [-0.1, -0.05) is 6.92 Å². The lowest BCUT2D eigenvalue weighted by Crippen LogP contribution is -2.19. The van der Waals surface area contributed by atoms with E-state index in [0.717, 1.165) is 5.75 Å². The van der Waals surface area contributed by atoms with Gasteiger partial charge in [0, 0.05) is 5.75 Å². The van der Waals surface area contributed by atoms with Crippen molar-refractivity contribution in [2.75, 3.05) is 37.0 Å². The highest BCUT2D eigenvalue weighted by Crippen LogP contribution is 2.48. The third-order valence-electron chi connectivity index (χ3n) is 3.88. The Kier molecular flexibility index (Phi) is 10.7. The molecule has 14 heteroatoms. The van der Waals surface area contributed by atoms with Crippen LogP contribution in [0.1, 0.15) is 27.7 Å². The number of nitrogens with zero attached hydrogens (tertiary/aromatic N) is 4. The van der Waals surface area contributed by atoms with E-state index < -0.39 is 20.5 Å². The number of rotatable bonds is 14. The zero-order valence-corrected chi connectivity index (χ0v) is 20.3. The fraction of sp³-hybridized carbons (Fsp3) is 0.667. The van der Waals surface area contributed by atoms with Crippen LogP contribution in [-0.4, -0.2) is 69.1 Å². The van der Waals surface area contributed by atoms with Crippen LogP contribution in [0.2, 0.25) is 0 Å². The first-order chi connectivity index (χ1) is 15.2. The van der Waals surface area contributed by atoms with E-state index in [4.69, 9.17) is 29.0 Å². The number of nitrogen functional groups attached to an aromatic ring is 1. The molecule has 32 heavy (non-hydrogen) atoms. The van der Waals surface area contributed by atoms with E-state index in [-0.39, 0.29) is 31.0 Å². The third kappa shape index (κ3) is 8.55. The molecule has 0 spiro atoms. The maximum absolute atomic E-state index is 13.1. The first kappa shape index (κ1) is 26.3. The minimum absolute atomic E-state index is 0.201. The second kappa shape index (κ2) is 12.9. The van der Waals surface area contributed by atoms with Crippen molar-refractivity contribution >= 4 is 42.5 Å². The monoisotopic (exact) mass is 491 g/mol. The minimum atomic E-state index is -3.69. The van der Waals surface area contributed by atoms with Crippen LogP contribution in [0.4, 0.5) is 10.6 Å². The number of aromatic nitrogens is 4. The Labute approximate surface area is 191 Å². The number of hydrogen-bond donors (Lipinski definition) is 1. The Balaban J connectivity index is 1.92. The molecule has 0 radical (unpaired) electrons. The molecule has 0 aliphatic rings. The van der Waals surface area contributed by atoms with Crippen LogP contribution >= 0.6 is 19.4 Å². The number of imidazole rings is 1. The Morgan fingerprint density at radius 3 is 2.75 bits per heavy atom. The lowest BCUT2D eigenvalue weighted by Gasteiger charge is -2.21. The topological polar surface area (TPSA) is 150 Å². The fourth-order valence-corrected chi connectivity index (χ4v) is 4.31. The second-order valence-corrected chi connectivity index (χ2v) is 10.3. The Bertz CT molecular complexity index is 913. The molecule has 0 saturated heterocycles. The highest BCUT2D eigenvalue weighted by Gasteiger charge is 2.27. The van der Waals surface area contributed by atoms with Crippen LogP contribution in [0.15, 0.2) is 12.7 Å². The molecule has 2 rings (SSSR count). The van der Waals surface area contributed by atoms with Crippen LogP contribution in [0.5, 0.6) is 0 Å². The molecule has 1 unspecified atom stereocenters. The van der Waals surface area contributed by atoms with E-state index in [1.165, 1.54) is 6.33 Å². The van der Waals surface area contributed by atoms with E-state index in [9.17, 15) is 9.36 Å². The van der Waals surface area contributed by atoms with Crippen molar-refractivity contribution in [2.24, 2.45) is 0 Å².